The van der Waals surface area contributed by atoms with Crippen molar-refractivity contribution in [3.8, 4) is 0 Å². The second-order valence-corrected chi connectivity index (χ2v) is 5.75. The van der Waals surface area contributed by atoms with Gasteiger partial charge in [-0.2, -0.15) is 0 Å². The first-order chi connectivity index (χ1) is 7.49. The quantitative estimate of drug-likeness (QED) is 0.762. The summed E-state index contributed by atoms with van der Waals surface area (Å²) in [5.41, 5.74) is 1.09. The van der Waals surface area contributed by atoms with Crippen LogP contribution in [0.5, 0.6) is 0 Å². The van der Waals surface area contributed by atoms with Gasteiger partial charge < -0.3 is 0 Å². The highest BCUT2D eigenvalue weighted by Crippen LogP contribution is 2.38. The first-order valence-corrected chi connectivity index (χ1v) is 6.15. The van der Waals surface area contributed by atoms with Gasteiger partial charge in [0.2, 0.25) is 0 Å². The predicted octanol–water partition coefficient (Wildman–Crippen LogP) is 3.89. The topological polar surface area (TPSA) is 17.1 Å². The van der Waals surface area contributed by atoms with Gasteiger partial charge in [-0.3, -0.25) is 4.79 Å². The Balaban J connectivity index is 2.07. The molecule has 86 valence electrons. The number of rotatable bonds is 2. The van der Waals surface area contributed by atoms with Gasteiger partial charge in [0.15, 0.2) is 0 Å². The van der Waals surface area contributed by atoms with Crippen molar-refractivity contribution in [1.29, 1.82) is 0 Å². The minimum absolute atomic E-state index is 0.114. The smallest absolute Gasteiger partial charge is 0.141 e. The van der Waals surface area contributed by atoms with Crippen LogP contribution in [-0.4, -0.2) is 5.78 Å². The number of carbonyl (C=O) groups is 1. The molecule has 0 spiro atoms. The number of halogens is 1. The molecule has 0 aliphatic heterocycles. The Labute approximate surface area is 102 Å². The molecule has 1 aliphatic rings. The Hall–Kier alpha value is -0.820. The zero-order valence-electron chi connectivity index (χ0n) is 9.79. The maximum Gasteiger partial charge on any atom is 0.141 e. The van der Waals surface area contributed by atoms with Crippen molar-refractivity contribution < 1.29 is 4.79 Å². The lowest BCUT2D eigenvalue weighted by atomic mass is 9.87. The van der Waals surface area contributed by atoms with Crippen molar-refractivity contribution in [2.75, 3.05) is 0 Å². The number of hydrogen-bond donors (Lipinski definition) is 0. The maximum atomic E-state index is 12.1. The molecule has 1 aliphatic carbocycles. The average Bonchev–Trinajstić information content (AvgIpc) is 2.49. The molecule has 1 fully saturated rings. The molecule has 0 bridgehead atoms. The van der Waals surface area contributed by atoms with Gasteiger partial charge in [-0.1, -0.05) is 37.6 Å². The molecule has 0 heterocycles. The van der Waals surface area contributed by atoms with Gasteiger partial charge in [0.25, 0.3) is 0 Å². The summed E-state index contributed by atoms with van der Waals surface area (Å²) in [6, 6.07) is 7.81. The summed E-state index contributed by atoms with van der Waals surface area (Å²) in [4.78, 5) is 12.1. The zero-order valence-corrected chi connectivity index (χ0v) is 10.6. The number of benzene rings is 1. The fourth-order valence-electron chi connectivity index (χ4n) is 2.44. The van der Waals surface area contributed by atoms with Crippen LogP contribution in [0.25, 0.3) is 0 Å². The van der Waals surface area contributed by atoms with Crippen LogP contribution in [0.4, 0.5) is 0 Å². The Morgan fingerprint density at radius 3 is 2.44 bits per heavy atom. The SMILES string of the molecule is CC1(C)CCC(Cc2ccc(Cl)cc2)C1=O. The predicted molar refractivity (Wildman–Crippen MR) is 66.7 cm³/mol. The van der Waals surface area contributed by atoms with E-state index in [1.165, 1.54) is 5.56 Å². The van der Waals surface area contributed by atoms with E-state index in [2.05, 4.69) is 13.8 Å². The molecule has 1 atom stereocenters. The lowest BCUT2D eigenvalue weighted by Gasteiger charge is -2.15. The highest BCUT2D eigenvalue weighted by Gasteiger charge is 2.39. The van der Waals surface area contributed by atoms with Gasteiger partial charge in [-0.25, -0.2) is 0 Å². The van der Waals surface area contributed by atoms with Crippen molar-refractivity contribution in [3.63, 3.8) is 0 Å². The highest BCUT2D eigenvalue weighted by atomic mass is 35.5. The molecule has 1 aromatic carbocycles. The van der Waals surface area contributed by atoms with Gasteiger partial charge in [0.05, 0.1) is 0 Å². The summed E-state index contributed by atoms with van der Waals surface area (Å²) >= 11 is 5.84. The minimum Gasteiger partial charge on any atom is -0.299 e. The summed E-state index contributed by atoms with van der Waals surface area (Å²) < 4.78 is 0. The van der Waals surface area contributed by atoms with E-state index in [0.29, 0.717) is 5.78 Å². The minimum atomic E-state index is -0.114. The lowest BCUT2D eigenvalue weighted by molar-refractivity contribution is -0.127. The van der Waals surface area contributed by atoms with Crippen LogP contribution >= 0.6 is 11.6 Å². The highest BCUT2D eigenvalue weighted by molar-refractivity contribution is 6.30. The molecule has 1 unspecified atom stereocenters. The third-order valence-corrected chi connectivity index (χ3v) is 3.80. The van der Waals surface area contributed by atoms with Gasteiger partial charge in [0.1, 0.15) is 5.78 Å². The molecule has 0 aromatic heterocycles. The van der Waals surface area contributed by atoms with Crippen LogP contribution in [0.15, 0.2) is 24.3 Å². The molecule has 16 heavy (non-hydrogen) atoms. The van der Waals surface area contributed by atoms with E-state index in [0.717, 1.165) is 24.3 Å². The van der Waals surface area contributed by atoms with Crippen molar-refractivity contribution >= 4 is 17.4 Å². The Bertz CT molecular complexity index is 392. The van der Waals surface area contributed by atoms with Crippen molar-refractivity contribution in [3.05, 3.63) is 34.9 Å². The molecule has 2 heteroatoms. The molecule has 0 radical (unpaired) electrons. The van der Waals surface area contributed by atoms with Gasteiger partial charge in [-0.15, -0.1) is 0 Å². The van der Waals surface area contributed by atoms with Crippen LogP contribution in [0, 0.1) is 11.3 Å². The van der Waals surface area contributed by atoms with E-state index in [-0.39, 0.29) is 11.3 Å². The number of ketones is 1. The van der Waals surface area contributed by atoms with Crippen LogP contribution < -0.4 is 0 Å². The molecule has 0 saturated heterocycles. The van der Waals surface area contributed by atoms with E-state index in [9.17, 15) is 4.79 Å². The normalized spacial score (nSPS) is 23.7. The second kappa shape index (κ2) is 4.21. The van der Waals surface area contributed by atoms with E-state index >= 15 is 0 Å². The standard InChI is InChI=1S/C14H17ClO/c1-14(2)8-7-11(13(14)16)9-10-3-5-12(15)6-4-10/h3-6,11H,7-9H2,1-2H3. The van der Waals surface area contributed by atoms with Crippen LogP contribution in [-0.2, 0) is 11.2 Å². The van der Waals surface area contributed by atoms with E-state index in [4.69, 9.17) is 11.6 Å². The fraction of sp³-hybridized carbons (Fsp3) is 0.500. The number of hydrogen-bond acceptors (Lipinski definition) is 1. The van der Waals surface area contributed by atoms with Crippen molar-refractivity contribution in [1.82, 2.24) is 0 Å². The molecule has 2 rings (SSSR count). The molecular formula is C14H17ClO. The van der Waals surface area contributed by atoms with Gasteiger partial charge >= 0.3 is 0 Å². The number of Topliss-reactive ketones (excluding diaryl/α,β-unsaturated/α-hetero) is 1. The lowest BCUT2D eigenvalue weighted by Crippen LogP contribution is -2.22. The van der Waals surface area contributed by atoms with Gasteiger partial charge in [0, 0.05) is 16.4 Å². The maximum absolute atomic E-state index is 12.1. The Kier molecular flexibility index (Phi) is 3.07. The molecular weight excluding hydrogens is 220 g/mol. The van der Waals surface area contributed by atoms with Gasteiger partial charge in [-0.05, 0) is 37.0 Å². The average molecular weight is 237 g/mol. The first-order valence-electron chi connectivity index (χ1n) is 5.78. The molecule has 0 N–H and O–H groups in total. The third kappa shape index (κ3) is 2.30. The largest absolute Gasteiger partial charge is 0.299 e. The van der Waals surface area contributed by atoms with Crippen LogP contribution in [0.2, 0.25) is 5.02 Å². The zero-order chi connectivity index (χ0) is 11.8. The Morgan fingerprint density at radius 1 is 1.31 bits per heavy atom. The van der Waals surface area contributed by atoms with Crippen LogP contribution in [0.3, 0.4) is 0 Å². The van der Waals surface area contributed by atoms with E-state index in [1.807, 2.05) is 24.3 Å². The van der Waals surface area contributed by atoms with E-state index < -0.39 is 0 Å². The molecule has 1 aromatic rings. The Morgan fingerprint density at radius 2 is 1.94 bits per heavy atom. The first kappa shape index (κ1) is 11.7. The second-order valence-electron chi connectivity index (χ2n) is 5.31. The summed E-state index contributed by atoms with van der Waals surface area (Å²) in [6.07, 6.45) is 2.90. The summed E-state index contributed by atoms with van der Waals surface area (Å²) in [5.74, 6) is 0.624. The van der Waals surface area contributed by atoms with Crippen LogP contribution in [0.1, 0.15) is 32.3 Å². The summed E-state index contributed by atoms with van der Waals surface area (Å²) in [7, 11) is 0. The van der Waals surface area contributed by atoms with Crippen molar-refractivity contribution in [2.45, 2.75) is 33.1 Å². The molecule has 1 nitrogen and oxygen atoms in total. The molecule has 0 amide bonds. The monoisotopic (exact) mass is 236 g/mol. The van der Waals surface area contributed by atoms with Crippen molar-refractivity contribution in [2.24, 2.45) is 11.3 Å². The molecule has 1 saturated carbocycles. The number of carbonyl (C=O) groups excluding carboxylic acids is 1. The summed E-state index contributed by atoms with van der Waals surface area (Å²) in [5, 5.41) is 0.752. The summed E-state index contributed by atoms with van der Waals surface area (Å²) in [6.45, 7) is 4.11. The third-order valence-electron chi connectivity index (χ3n) is 3.55. The van der Waals surface area contributed by atoms with E-state index in [1.54, 1.807) is 0 Å². The fourth-order valence-corrected chi connectivity index (χ4v) is 2.57.